The highest BCUT2D eigenvalue weighted by Crippen LogP contribution is 2.26. The van der Waals surface area contributed by atoms with Gasteiger partial charge >= 0.3 is 0 Å². The predicted octanol–water partition coefficient (Wildman–Crippen LogP) is 5.79. The summed E-state index contributed by atoms with van der Waals surface area (Å²) >= 11 is 6.56. The Labute approximate surface area is 187 Å². The second kappa shape index (κ2) is 9.27. The van der Waals surface area contributed by atoms with Crippen LogP contribution in [-0.2, 0) is 13.0 Å². The molecule has 4 rings (SSSR count). The summed E-state index contributed by atoms with van der Waals surface area (Å²) in [6.45, 7) is 5.07. The number of amides is 1. The molecular formula is C26H24ClN3O. The molecule has 0 saturated heterocycles. The molecule has 2 heterocycles. The van der Waals surface area contributed by atoms with E-state index in [-0.39, 0.29) is 5.91 Å². The molecule has 2 aromatic heterocycles. The number of hydrogen-bond donors (Lipinski definition) is 0. The van der Waals surface area contributed by atoms with Gasteiger partial charge in [0.2, 0.25) is 0 Å². The third kappa shape index (κ3) is 4.92. The number of hydrogen-bond acceptors (Lipinski definition) is 3. The Kier molecular flexibility index (Phi) is 6.28. The van der Waals surface area contributed by atoms with Gasteiger partial charge in [0.05, 0.1) is 11.1 Å². The number of aromatic nitrogens is 2. The summed E-state index contributed by atoms with van der Waals surface area (Å²) < 4.78 is 0. The van der Waals surface area contributed by atoms with Crippen molar-refractivity contribution in [3.63, 3.8) is 0 Å². The van der Waals surface area contributed by atoms with Crippen molar-refractivity contribution in [2.24, 2.45) is 0 Å². The lowest BCUT2D eigenvalue weighted by Crippen LogP contribution is -2.32. The van der Waals surface area contributed by atoms with Gasteiger partial charge in [-0.1, -0.05) is 48.0 Å². The lowest BCUT2D eigenvalue weighted by atomic mass is 10.0. The normalized spacial score (nSPS) is 10.9. The van der Waals surface area contributed by atoms with Gasteiger partial charge in [-0.3, -0.25) is 9.78 Å². The molecule has 0 saturated carbocycles. The summed E-state index contributed by atoms with van der Waals surface area (Å²) in [5, 5.41) is 1.49. The average Bonchev–Trinajstić information content (AvgIpc) is 2.78. The van der Waals surface area contributed by atoms with Gasteiger partial charge in [-0.15, -0.1) is 0 Å². The van der Waals surface area contributed by atoms with E-state index in [4.69, 9.17) is 11.6 Å². The second-order valence-electron chi connectivity index (χ2n) is 7.79. The number of pyridine rings is 2. The summed E-state index contributed by atoms with van der Waals surface area (Å²) in [6.07, 6.45) is 4.02. The molecule has 1 amide bonds. The zero-order chi connectivity index (χ0) is 21.8. The molecule has 0 aliphatic rings. The van der Waals surface area contributed by atoms with Crippen molar-refractivity contribution in [3.05, 3.63) is 106 Å². The molecule has 0 N–H and O–H groups in total. The number of benzene rings is 2. The largest absolute Gasteiger partial charge is 0.334 e. The number of rotatable bonds is 6. The van der Waals surface area contributed by atoms with Crippen LogP contribution in [0.4, 0.5) is 0 Å². The van der Waals surface area contributed by atoms with Gasteiger partial charge in [0.15, 0.2) is 0 Å². The molecule has 5 heteroatoms. The number of carbonyl (C=O) groups is 1. The van der Waals surface area contributed by atoms with E-state index in [1.165, 1.54) is 5.56 Å². The number of nitrogens with zero attached hydrogens (tertiary/aromatic N) is 3. The van der Waals surface area contributed by atoms with Crippen LogP contribution in [0.25, 0.3) is 10.9 Å². The second-order valence-corrected chi connectivity index (χ2v) is 8.15. The summed E-state index contributed by atoms with van der Waals surface area (Å²) in [5.74, 6) is -0.0687. The number of halogens is 1. The molecule has 0 unspecified atom stereocenters. The monoisotopic (exact) mass is 429 g/mol. The van der Waals surface area contributed by atoms with Crippen LogP contribution in [-0.4, -0.2) is 27.3 Å². The van der Waals surface area contributed by atoms with Crippen LogP contribution < -0.4 is 0 Å². The van der Waals surface area contributed by atoms with Crippen LogP contribution in [0, 0.1) is 13.8 Å². The Morgan fingerprint density at radius 2 is 1.84 bits per heavy atom. The minimum Gasteiger partial charge on any atom is -0.334 e. The smallest absolute Gasteiger partial charge is 0.255 e. The highest BCUT2D eigenvalue weighted by atomic mass is 35.5. The van der Waals surface area contributed by atoms with Crippen LogP contribution in [0.2, 0.25) is 5.15 Å². The Morgan fingerprint density at radius 1 is 1.03 bits per heavy atom. The molecular weight excluding hydrogens is 406 g/mol. The van der Waals surface area contributed by atoms with E-state index in [2.05, 4.69) is 41.2 Å². The van der Waals surface area contributed by atoms with Crippen molar-refractivity contribution in [3.8, 4) is 0 Å². The Balaban J connectivity index is 1.66. The molecule has 0 aliphatic carbocycles. The van der Waals surface area contributed by atoms with Gasteiger partial charge in [0.1, 0.15) is 5.15 Å². The first-order valence-corrected chi connectivity index (χ1v) is 10.7. The van der Waals surface area contributed by atoms with Crippen molar-refractivity contribution >= 4 is 28.4 Å². The predicted molar refractivity (Wildman–Crippen MR) is 125 cm³/mol. The molecule has 0 aliphatic heterocycles. The van der Waals surface area contributed by atoms with Crippen LogP contribution in [0.5, 0.6) is 0 Å². The van der Waals surface area contributed by atoms with E-state index in [9.17, 15) is 4.79 Å². The van der Waals surface area contributed by atoms with Crippen molar-refractivity contribution < 1.29 is 4.79 Å². The molecule has 0 radical (unpaired) electrons. The van der Waals surface area contributed by atoms with Gasteiger partial charge in [-0.25, -0.2) is 4.98 Å². The molecule has 2 aromatic carbocycles. The molecule has 0 atom stereocenters. The molecule has 0 bridgehead atoms. The third-order valence-corrected chi connectivity index (χ3v) is 5.71. The van der Waals surface area contributed by atoms with E-state index in [1.54, 1.807) is 24.5 Å². The average molecular weight is 430 g/mol. The lowest BCUT2D eigenvalue weighted by Gasteiger charge is -2.24. The quantitative estimate of drug-likeness (QED) is 0.365. The zero-order valence-corrected chi connectivity index (χ0v) is 18.4. The van der Waals surface area contributed by atoms with Gasteiger partial charge in [-0.05, 0) is 61.2 Å². The van der Waals surface area contributed by atoms with Gasteiger partial charge in [0, 0.05) is 36.4 Å². The maximum Gasteiger partial charge on any atom is 0.255 e. The van der Waals surface area contributed by atoms with E-state index >= 15 is 0 Å². The van der Waals surface area contributed by atoms with Crippen molar-refractivity contribution in [2.75, 3.05) is 6.54 Å². The standard InChI is InChI=1S/C26H24ClN3O/c1-18-13-19(2)23-15-22(25(27)29-24(23)14-18)17-30(12-10-20-7-4-3-5-8-20)26(31)21-9-6-11-28-16-21/h3-9,11,13-16H,10,12,17H2,1-2H3. The molecule has 4 nitrogen and oxygen atoms in total. The van der Waals surface area contributed by atoms with E-state index < -0.39 is 0 Å². The van der Waals surface area contributed by atoms with E-state index in [0.717, 1.165) is 34.0 Å². The molecule has 0 spiro atoms. The van der Waals surface area contributed by atoms with Crippen LogP contribution in [0.1, 0.15) is 32.6 Å². The summed E-state index contributed by atoms with van der Waals surface area (Å²) in [4.78, 5) is 23.8. The first-order chi connectivity index (χ1) is 15.0. The maximum absolute atomic E-state index is 13.3. The third-order valence-electron chi connectivity index (χ3n) is 5.38. The fourth-order valence-corrected chi connectivity index (χ4v) is 4.00. The van der Waals surface area contributed by atoms with E-state index in [1.807, 2.05) is 36.1 Å². The Morgan fingerprint density at radius 3 is 2.58 bits per heavy atom. The summed E-state index contributed by atoms with van der Waals surface area (Å²) in [5.41, 5.74) is 5.76. The van der Waals surface area contributed by atoms with Crippen LogP contribution in [0.15, 0.2) is 73.1 Å². The topological polar surface area (TPSA) is 46.1 Å². The first kappa shape index (κ1) is 21.0. The number of aryl methyl sites for hydroxylation is 2. The number of carbonyl (C=O) groups excluding carboxylic acids is 1. The van der Waals surface area contributed by atoms with E-state index in [0.29, 0.717) is 23.8 Å². The van der Waals surface area contributed by atoms with Gasteiger partial charge < -0.3 is 4.90 Å². The van der Waals surface area contributed by atoms with Gasteiger partial charge in [-0.2, -0.15) is 0 Å². The molecule has 31 heavy (non-hydrogen) atoms. The van der Waals surface area contributed by atoms with Crippen molar-refractivity contribution in [2.45, 2.75) is 26.8 Å². The summed E-state index contributed by atoms with van der Waals surface area (Å²) in [6, 6.07) is 20.0. The Bertz CT molecular complexity index is 1210. The molecule has 0 fully saturated rings. The highest BCUT2D eigenvalue weighted by Gasteiger charge is 2.19. The molecule has 4 aromatic rings. The van der Waals surface area contributed by atoms with Crippen LogP contribution in [0.3, 0.4) is 0 Å². The SMILES string of the molecule is Cc1cc(C)c2cc(CN(CCc3ccccc3)C(=O)c3cccnc3)c(Cl)nc2c1. The zero-order valence-electron chi connectivity index (χ0n) is 17.7. The van der Waals surface area contributed by atoms with Gasteiger partial charge in [0.25, 0.3) is 5.91 Å². The Hall–Kier alpha value is -3.24. The minimum absolute atomic E-state index is 0.0687. The first-order valence-electron chi connectivity index (χ1n) is 10.3. The highest BCUT2D eigenvalue weighted by molar-refractivity contribution is 6.30. The minimum atomic E-state index is -0.0687. The molecule has 156 valence electrons. The number of fused-ring (bicyclic) bond motifs is 1. The van der Waals surface area contributed by atoms with Crippen molar-refractivity contribution in [1.29, 1.82) is 0 Å². The van der Waals surface area contributed by atoms with Crippen LogP contribution >= 0.6 is 11.6 Å². The fraction of sp³-hybridized carbons (Fsp3) is 0.192. The fourth-order valence-electron chi connectivity index (χ4n) is 3.80. The lowest BCUT2D eigenvalue weighted by molar-refractivity contribution is 0.0744. The maximum atomic E-state index is 13.3. The summed E-state index contributed by atoms with van der Waals surface area (Å²) in [7, 11) is 0. The van der Waals surface area contributed by atoms with Crippen molar-refractivity contribution in [1.82, 2.24) is 14.9 Å².